The summed E-state index contributed by atoms with van der Waals surface area (Å²) in [4.78, 5) is 11.7. The fraction of sp³-hybridized carbons (Fsp3) is 0.923. The lowest BCUT2D eigenvalue weighted by atomic mass is 9.83. The lowest BCUT2D eigenvalue weighted by Crippen LogP contribution is -2.42. The van der Waals surface area contributed by atoms with Crippen LogP contribution in [0, 0.1) is 5.92 Å². The molecule has 1 amide bonds. The summed E-state index contributed by atoms with van der Waals surface area (Å²) in [7, 11) is 0. The first-order valence-electron chi connectivity index (χ1n) is 6.74. The van der Waals surface area contributed by atoms with Crippen molar-refractivity contribution in [1.82, 2.24) is 5.32 Å². The summed E-state index contributed by atoms with van der Waals surface area (Å²) in [6.45, 7) is 0.847. The van der Waals surface area contributed by atoms with E-state index in [0.717, 1.165) is 31.7 Å². The zero-order valence-electron chi connectivity index (χ0n) is 10.1. The van der Waals surface area contributed by atoms with Crippen LogP contribution in [0.15, 0.2) is 0 Å². The number of nitrogens with one attached hydrogen (secondary N) is 1. The Morgan fingerprint density at radius 3 is 2.50 bits per heavy atom. The zero-order valence-corrected chi connectivity index (χ0v) is 10.1. The van der Waals surface area contributed by atoms with Gasteiger partial charge in [-0.25, -0.2) is 0 Å². The maximum Gasteiger partial charge on any atom is 0.221 e. The van der Waals surface area contributed by atoms with Crippen LogP contribution in [0.25, 0.3) is 0 Å². The van der Waals surface area contributed by atoms with E-state index in [0.29, 0.717) is 6.42 Å². The highest BCUT2D eigenvalue weighted by molar-refractivity contribution is 5.77. The molecule has 2 fully saturated rings. The van der Waals surface area contributed by atoms with Gasteiger partial charge in [0.2, 0.25) is 5.91 Å². The molecule has 2 saturated carbocycles. The highest BCUT2D eigenvalue weighted by Gasteiger charge is 2.31. The molecule has 0 saturated heterocycles. The van der Waals surface area contributed by atoms with Crippen LogP contribution < -0.4 is 11.1 Å². The molecule has 0 heterocycles. The Labute approximate surface area is 98.2 Å². The second kappa shape index (κ2) is 5.17. The van der Waals surface area contributed by atoms with Crippen molar-refractivity contribution in [2.45, 2.75) is 63.3 Å². The van der Waals surface area contributed by atoms with E-state index in [4.69, 9.17) is 5.73 Å². The van der Waals surface area contributed by atoms with Crippen molar-refractivity contribution in [3.05, 3.63) is 0 Å². The first-order valence-corrected chi connectivity index (χ1v) is 6.74. The number of carbonyl (C=O) groups excluding carboxylic acids is 1. The molecular weight excluding hydrogens is 200 g/mol. The third-order valence-electron chi connectivity index (χ3n) is 4.21. The summed E-state index contributed by atoms with van der Waals surface area (Å²) >= 11 is 0. The van der Waals surface area contributed by atoms with Gasteiger partial charge in [0.05, 0.1) is 0 Å². The number of amides is 1. The summed E-state index contributed by atoms with van der Waals surface area (Å²) in [5.74, 6) is 1.03. The maximum atomic E-state index is 11.7. The van der Waals surface area contributed by atoms with Gasteiger partial charge >= 0.3 is 0 Å². The van der Waals surface area contributed by atoms with Crippen LogP contribution in [0.1, 0.15) is 57.8 Å². The van der Waals surface area contributed by atoms with Gasteiger partial charge in [0.1, 0.15) is 0 Å². The van der Waals surface area contributed by atoms with Crippen molar-refractivity contribution < 1.29 is 4.79 Å². The summed E-state index contributed by atoms with van der Waals surface area (Å²) in [5, 5.41) is 3.01. The minimum absolute atomic E-state index is 0.156. The Kier molecular flexibility index (Phi) is 3.85. The van der Waals surface area contributed by atoms with Crippen molar-refractivity contribution in [3.8, 4) is 0 Å². The molecule has 0 radical (unpaired) electrons. The molecule has 2 aliphatic carbocycles. The van der Waals surface area contributed by atoms with Crippen LogP contribution in [0.3, 0.4) is 0 Å². The second-order valence-electron chi connectivity index (χ2n) is 5.68. The Morgan fingerprint density at radius 2 is 1.94 bits per heavy atom. The fourth-order valence-electron chi connectivity index (χ4n) is 2.84. The molecule has 2 aliphatic rings. The number of nitrogens with two attached hydrogens (primary N) is 1. The Morgan fingerprint density at radius 1 is 1.25 bits per heavy atom. The molecule has 92 valence electrons. The molecule has 2 rings (SSSR count). The van der Waals surface area contributed by atoms with Crippen LogP contribution in [-0.4, -0.2) is 18.0 Å². The maximum absolute atomic E-state index is 11.7. The molecule has 0 aliphatic heterocycles. The molecule has 16 heavy (non-hydrogen) atoms. The van der Waals surface area contributed by atoms with Crippen LogP contribution in [0.2, 0.25) is 0 Å². The number of rotatable bonds is 5. The zero-order chi connectivity index (χ0) is 11.4. The average Bonchev–Trinajstić information content (AvgIpc) is 2.56. The van der Waals surface area contributed by atoms with E-state index in [1.165, 1.54) is 32.1 Å². The van der Waals surface area contributed by atoms with Gasteiger partial charge in [-0.1, -0.05) is 32.1 Å². The second-order valence-corrected chi connectivity index (χ2v) is 5.68. The van der Waals surface area contributed by atoms with Gasteiger partial charge in [0.15, 0.2) is 0 Å². The first kappa shape index (κ1) is 11.9. The van der Waals surface area contributed by atoms with Crippen molar-refractivity contribution in [3.63, 3.8) is 0 Å². The van der Waals surface area contributed by atoms with Crippen LogP contribution in [-0.2, 0) is 4.79 Å². The molecule has 0 aromatic carbocycles. The Balaban J connectivity index is 1.59. The molecule has 3 nitrogen and oxygen atoms in total. The van der Waals surface area contributed by atoms with E-state index in [9.17, 15) is 4.79 Å². The molecule has 0 atom stereocenters. The molecule has 0 aromatic rings. The van der Waals surface area contributed by atoms with E-state index in [2.05, 4.69) is 5.32 Å². The van der Waals surface area contributed by atoms with E-state index in [1.54, 1.807) is 0 Å². The molecular formula is C13H24N2O. The summed E-state index contributed by atoms with van der Waals surface area (Å²) < 4.78 is 0. The Bertz CT molecular complexity index is 242. The topological polar surface area (TPSA) is 55.1 Å². The van der Waals surface area contributed by atoms with E-state index >= 15 is 0 Å². The molecule has 0 aromatic heterocycles. The van der Waals surface area contributed by atoms with Gasteiger partial charge in [-0.05, 0) is 25.2 Å². The van der Waals surface area contributed by atoms with E-state index in [-0.39, 0.29) is 11.4 Å². The number of hydrogen-bond donors (Lipinski definition) is 2. The van der Waals surface area contributed by atoms with E-state index in [1.807, 2.05) is 0 Å². The van der Waals surface area contributed by atoms with E-state index < -0.39 is 0 Å². The van der Waals surface area contributed by atoms with Crippen molar-refractivity contribution in [1.29, 1.82) is 0 Å². The van der Waals surface area contributed by atoms with Gasteiger partial charge < -0.3 is 11.1 Å². The highest BCUT2D eigenvalue weighted by Crippen LogP contribution is 2.30. The van der Waals surface area contributed by atoms with Gasteiger partial charge in [-0.2, -0.15) is 0 Å². The van der Waals surface area contributed by atoms with Gasteiger partial charge in [-0.3, -0.25) is 4.79 Å². The quantitative estimate of drug-likeness (QED) is 0.750. The highest BCUT2D eigenvalue weighted by atomic mass is 16.1. The minimum atomic E-state index is -0.194. The van der Waals surface area contributed by atoms with Crippen molar-refractivity contribution in [2.24, 2.45) is 11.7 Å². The normalized spacial score (nSPS) is 24.1. The van der Waals surface area contributed by atoms with Crippen molar-refractivity contribution in [2.75, 3.05) is 6.54 Å². The smallest absolute Gasteiger partial charge is 0.221 e. The summed E-state index contributed by atoms with van der Waals surface area (Å²) in [6.07, 6.45) is 10.2. The number of hydrogen-bond acceptors (Lipinski definition) is 2. The lowest BCUT2D eigenvalue weighted by Gasteiger charge is -2.26. The largest absolute Gasteiger partial charge is 0.356 e. The molecule has 0 bridgehead atoms. The molecule has 3 N–H and O–H groups in total. The number of carbonyl (C=O) groups is 1. The summed E-state index contributed by atoms with van der Waals surface area (Å²) in [6, 6.07) is 0. The predicted molar refractivity (Wildman–Crippen MR) is 65.0 cm³/mol. The average molecular weight is 224 g/mol. The van der Waals surface area contributed by atoms with Gasteiger partial charge in [0, 0.05) is 18.5 Å². The van der Waals surface area contributed by atoms with Crippen molar-refractivity contribution >= 4 is 5.91 Å². The Hall–Kier alpha value is -0.570. The minimum Gasteiger partial charge on any atom is -0.356 e. The molecule has 3 heteroatoms. The first-order chi connectivity index (χ1) is 7.68. The molecule has 0 spiro atoms. The predicted octanol–water partition coefficient (Wildman–Crippen LogP) is 1.95. The van der Waals surface area contributed by atoms with Crippen LogP contribution >= 0.6 is 0 Å². The third-order valence-corrected chi connectivity index (χ3v) is 4.21. The summed E-state index contributed by atoms with van der Waals surface area (Å²) in [5.41, 5.74) is 5.97. The SMILES string of the molecule is NC1(CC(=O)NCCC2CCC2)CCCC1. The van der Waals surface area contributed by atoms with Crippen LogP contribution in [0.4, 0.5) is 0 Å². The monoisotopic (exact) mass is 224 g/mol. The lowest BCUT2D eigenvalue weighted by molar-refractivity contribution is -0.122. The van der Waals surface area contributed by atoms with Crippen LogP contribution in [0.5, 0.6) is 0 Å². The third kappa shape index (κ3) is 3.21. The molecule has 0 unspecified atom stereocenters. The van der Waals surface area contributed by atoms with Gasteiger partial charge in [0.25, 0.3) is 0 Å². The van der Waals surface area contributed by atoms with Gasteiger partial charge in [-0.15, -0.1) is 0 Å². The fourth-order valence-corrected chi connectivity index (χ4v) is 2.84. The standard InChI is InChI=1S/C13H24N2O/c14-13(7-1-2-8-13)10-12(16)15-9-6-11-4-3-5-11/h11H,1-10,14H2,(H,15,16).